The van der Waals surface area contributed by atoms with E-state index < -0.39 is 12.2 Å². The van der Waals surface area contributed by atoms with Gasteiger partial charge < -0.3 is 15.1 Å². The van der Waals surface area contributed by atoms with Crippen molar-refractivity contribution in [1.29, 1.82) is 0 Å². The van der Waals surface area contributed by atoms with Crippen molar-refractivity contribution in [2.45, 2.75) is 12.2 Å². The van der Waals surface area contributed by atoms with Gasteiger partial charge in [-0.15, -0.1) is 0 Å². The van der Waals surface area contributed by atoms with Crippen LogP contribution >= 0.6 is 11.6 Å². The van der Waals surface area contributed by atoms with Gasteiger partial charge in [-0.25, -0.2) is 4.98 Å². The highest BCUT2D eigenvalue weighted by Crippen LogP contribution is 2.14. The highest BCUT2D eigenvalue weighted by atomic mass is 35.5. The number of aliphatic hydroxyl groups excluding tert-OH is 2. The minimum atomic E-state index is -0.886. The summed E-state index contributed by atoms with van der Waals surface area (Å²) in [5, 5.41) is 18.9. The Morgan fingerprint density at radius 1 is 1.38 bits per heavy atom. The molecule has 1 amide bonds. The number of β-amino-alcohol motifs (C(OH)–C–C–N with tert-alkyl or cyclic N) is 2. The number of carbonyl (C=O) groups excluding carboxylic acids is 1. The van der Waals surface area contributed by atoms with Crippen LogP contribution < -0.4 is 0 Å². The van der Waals surface area contributed by atoms with Crippen molar-refractivity contribution in [3.63, 3.8) is 0 Å². The molecule has 86 valence electrons. The molecule has 2 rings (SSSR count). The van der Waals surface area contributed by atoms with Crippen LogP contribution in [0.3, 0.4) is 0 Å². The normalized spacial score (nSPS) is 24.8. The Balaban J connectivity index is 2.14. The molecule has 1 aliphatic rings. The van der Waals surface area contributed by atoms with E-state index in [2.05, 4.69) is 4.98 Å². The zero-order valence-electron chi connectivity index (χ0n) is 8.38. The maximum atomic E-state index is 11.9. The Labute approximate surface area is 97.3 Å². The summed E-state index contributed by atoms with van der Waals surface area (Å²) < 4.78 is 0. The number of hydrogen-bond donors (Lipinski definition) is 2. The first-order valence-corrected chi connectivity index (χ1v) is 5.23. The molecule has 0 spiro atoms. The van der Waals surface area contributed by atoms with Crippen molar-refractivity contribution in [3.8, 4) is 0 Å². The maximum Gasteiger partial charge on any atom is 0.272 e. The third kappa shape index (κ3) is 2.16. The van der Waals surface area contributed by atoms with E-state index in [0.717, 1.165) is 0 Å². The van der Waals surface area contributed by atoms with Crippen LogP contribution in [0.4, 0.5) is 0 Å². The first-order valence-electron chi connectivity index (χ1n) is 4.86. The van der Waals surface area contributed by atoms with Crippen LogP contribution in [0.5, 0.6) is 0 Å². The van der Waals surface area contributed by atoms with Gasteiger partial charge in [0.05, 0.1) is 12.2 Å². The van der Waals surface area contributed by atoms with Crippen LogP contribution in [0.2, 0.25) is 5.15 Å². The predicted octanol–water partition coefficient (Wildman–Crippen LogP) is -0.0874. The van der Waals surface area contributed by atoms with Crippen molar-refractivity contribution in [3.05, 3.63) is 29.0 Å². The van der Waals surface area contributed by atoms with E-state index in [1.54, 1.807) is 18.2 Å². The monoisotopic (exact) mass is 242 g/mol. The number of aliphatic hydroxyl groups is 2. The van der Waals surface area contributed by atoms with Crippen molar-refractivity contribution >= 4 is 17.5 Å². The van der Waals surface area contributed by atoms with Crippen LogP contribution in [0.15, 0.2) is 18.2 Å². The number of hydrogen-bond acceptors (Lipinski definition) is 4. The molecule has 1 fully saturated rings. The van der Waals surface area contributed by atoms with Gasteiger partial charge >= 0.3 is 0 Å². The highest BCUT2D eigenvalue weighted by molar-refractivity contribution is 6.29. The quantitative estimate of drug-likeness (QED) is 0.676. The van der Waals surface area contributed by atoms with Gasteiger partial charge in [-0.1, -0.05) is 17.7 Å². The molecular formula is C10H11ClN2O3. The fourth-order valence-electron chi connectivity index (χ4n) is 1.62. The fourth-order valence-corrected chi connectivity index (χ4v) is 1.79. The van der Waals surface area contributed by atoms with Crippen LogP contribution in [0.25, 0.3) is 0 Å². The van der Waals surface area contributed by atoms with E-state index in [0.29, 0.717) is 0 Å². The van der Waals surface area contributed by atoms with Crippen molar-refractivity contribution in [2.24, 2.45) is 0 Å². The topological polar surface area (TPSA) is 73.7 Å². The Hall–Kier alpha value is -1.17. The molecule has 0 bridgehead atoms. The number of carbonyl (C=O) groups is 1. The minimum absolute atomic E-state index is 0.119. The second kappa shape index (κ2) is 4.37. The molecule has 1 aromatic heterocycles. The number of likely N-dealkylation sites (tertiary alicyclic amines) is 1. The molecule has 1 aromatic rings. The van der Waals surface area contributed by atoms with Crippen LogP contribution in [0, 0.1) is 0 Å². The molecule has 6 heteroatoms. The predicted molar refractivity (Wildman–Crippen MR) is 57.2 cm³/mol. The Morgan fingerprint density at radius 2 is 2.00 bits per heavy atom. The van der Waals surface area contributed by atoms with Gasteiger partial charge in [0.1, 0.15) is 10.8 Å². The van der Waals surface area contributed by atoms with Crippen LogP contribution in [-0.2, 0) is 0 Å². The molecule has 16 heavy (non-hydrogen) atoms. The van der Waals surface area contributed by atoms with Gasteiger partial charge in [-0.2, -0.15) is 0 Å². The summed E-state index contributed by atoms with van der Waals surface area (Å²) in [5.74, 6) is -0.335. The van der Waals surface area contributed by atoms with E-state index in [9.17, 15) is 15.0 Å². The lowest BCUT2D eigenvalue weighted by Gasteiger charge is -2.14. The van der Waals surface area contributed by atoms with Gasteiger partial charge in [-0.05, 0) is 12.1 Å². The van der Waals surface area contributed by atoms with Crippen molar-refractivity contribution in [2.75, 3.05) is 13.1 Å². The molecular weight excluding hydrogens is 232 g/mol. The zero-order chi connectivity index (χ0) is 11.7. The number of halogens is 1. The second-order valence-corrected chi connectivity index (χ2v) is 4.08. The largest absolute Gasteiger partial charge is 0.388 e. The van der Waals surface area contributed by atoms with Crippen LogP contribution in [0.1, 0.15) is 10.5 Å². The lowest BCUT2D eigenvalue weighted by Crippen LogP contribution is -2.30. The van der Waals surface area contributed by atoms with E-state index in [1.807, 2.05) is 0 Å². The summed E-state index contributed by atoms with van der Waals surface area (Å²) in [5.41, 5.74) is 0.216. The summed E-state index contributed by atoms with van der Waals surface area (Å²) in [6.45, 7) is 0.238. The van der Waals surface area contributed by atoms with Gasteiger partial charge in [0.15, 0.2) is 0 Å². The first-order chi connectivity index (χ1) is 7.58. The average molecular weight is 243 g/mol. The molecule has 0 aliphatic carbocycles. The molecule has 0 radical (unpaired) electrons. The Bertz CT molecular complexity index is 403. The Kier molecular flexibility index (Phi) is 3.09. The summed E-state index contributed by atoms with van der Waals surface area (Å²) in [6.07, 6.45) is -1.77. The number of pyridine rings is 1. The molecule has 1 aliphatic heterocycles. The van der Waals surface area contributed by atoms with E-state index in [4.69, 9.17) is 11.6 Å². The molecule has 2 atom stereocenters. The van der Waals surface area contributed by atoms with E-state index in [1.165, 1.54) is 4.90 Å². The number of amides is 1. The molecule has 2 heterocycles. The molecule has 0 saturated carbocycles. The third-order valence-corrected chi connectivity index (χ3v) is 2.69. The highest BCUT2D eigenvalue weighted by Gasteiger charge is 2.33. The lowest BCUT2D eigenvalue weighted by atomic mass is 10.3. The van der Waals surface area contributed by atoms with Gasteiger partial charge in [-0.3, -0.25) is 4.79 Å². The molecule has 2 N–H and O–H groups in total. The average Bonchev–Trinajstić information content (AvgIpc) is 2.58. The summed E-state index contributed by atoms with van der Waals surface area (Å²) in [4.78, 5) is 17.1. The minimum Gasteiger partial charge on any atom is -0.388 e. The maximum absolute atomic E-state index is 11.9. The van der Waals surface area contributed by atoms with E-state index >= 15 is 0 Å². The smallest absolute Gasteiger partial charge is 0.272 e. The van der Waals surface area contributed by atoms with Gasteiger partial charge in [0.2, 0.25) is 0 Å². The van der Waals surface area contributed by atoms with Crippen LogP contribution in [-0.4, -0.2) is 51.3 Å². The van der Waals surface area contributed by atoms with Crippen molar-refractivity contribution < 1.29 is 15.0 Å². The molecule has 1 saturated heterocycles. The number of aromatic nitrogens is 1. The van der Waals surface area contributed by atoms with Crippen molar-refractivity contribution in [1.82, 2.24) is 9.88 Å². The second-order valence-electron chi connectivity index (χ2n) is 3.69. The SMILES string of the molecule is O=C(c1cccc(Cl)n1)N1C[C@@H](O)[C@@H](O)C1. The van der Waals surface area contributed by atoms with Gasteiger partial charge in [0.25, 0.3) is 5.91 Å². The summed E-state index contributed by atoms with van der Waals surface area (Å²) in [7, 11) is 0. The summed E-state index contributed by atoms with van der Waals surface area (Å²) in [6, 6.07) is 4.75. The lowest BCUT2D eigenvalue weighted by molar-refractivity contribution is 0.0572. The standard InChI is InChI=1S/C10H11ClN2O3/c11-9-3-1-2-6(12-9)10(16)13-4-7(14)8(15)5-13/h1-3,7-8,14-15H,4-5H2/t7-,8+. The number of nitrogens with zero attached hydrogens (tertiary/aromatic N) is 2. The molecule has 0 unspecified atom stereocenters. The number of rotatable bonds is 1. The first kappa shape index (κ1) is 11.3. The summed E-state index contributed by atoms with van der Waals surface area (Å²) >= 11 is 5.67. The van der Waals surface area contributed by atoms with Gasteiger partial charge in [0, 0.05) is 13.1 Å². The zero-order valence-corrected chi connectivity index (χ0v) is 9.13. The molecule has 0 aromatic carbocycles. The molecule has 5 nitrogen and oxygen atoms in total. The fraction of sp³-hybridized carbons (Fsp3) is 0.400. The third-order valence-electron chi connectivity index (χ3n) is 2.48. The van der Waals surface area contributed by atoms with E-state index in [-0.39, 0.29) is 29.8 Å². The Morgan fingerprint density at radius 3 is 2.56 bits per heavy atom.